The number of fused-ring (bicyclic) bond motifs is 1. The highest BCUT2D eigenvalue weighted by Gasteiger charge is 2.27. The predicted octanol–water partition coefficient (Wildman–Crippen LogP) is 2.86. The Kier molecular flexibility index (Phi) is 4.77. The zero-order valence-electron chi connectivity index (χ0n) is 15.0. The number of nitrogens with zero attached hydrogens (tertiary/aromatic N) is 3. The van der Waals surface area contributed by atoms with Crippen LogP contribution in [0.2, 0.25) is 0 Å². The molecule has 0 radical (unpaired) electrons. The summed E-state index contributed by atoms with van der Waals surface area (Å²) in [5.74, 6) is 0.441. The average Bonchev–Trinajstić information content (AvgIpc) is 3.30. The lowest BCUT2D eigenvalue weighted by atomic mass is 10.1. The van der Waals surface area contributed by atoms with E-state index in [0.29, 0.717) is 30.9 Å². The summed E-state index contributed by atoms with van der Waals surface area (Å²) in [6, 6.07) is 11.0. The number of thiophene rings is 1. The molecule has 0 unspecified atom stereocenters. The molecule has 1 aromatic carbocycles. The molecule has 0 spiro atoms. The Labute approximate surface area is 161 Å². The zero-order valence-corrected chi connectivity index (χ0v) is 15.8. The molecule has 0 aliphatic carbocycles. The molecule has 0 saturated carbocycles. The highest BCUT2D eigenvalue weighted by atomic mass is 32.1. The molecule has 27 heavy (non-hydrogen) atoms. The minimum atomic E-state index is -0.196. The number of hydrogen-bond acceptors (Lipinski definition) is 4. The Morgan fingerprint density at radius 2 is 2.04 bits per heavy atom. The van der Waals surface area contributed by atoms with E-state index in [0.717, 1.165) is 23.2 Å². The largest absolute Gasteiger partial charge is 0.337 e. The third-order valence-electron chi connectivity index (χ3n) is 4.80. The van der Waals surface area contributed by atoms with Gasteiger partial charge in [-0.15, -0.1) is 0 Å². The third-order valence-corrected chi connectivity index (χ3v) is 5.53. The normalized spacial score (nSPS) is 13.3. The van der Waals surface area contributed by atoms with Crippen LogP contribution in [0.4, 0.5) is 5.82 Å². The van der Waals surface area contributed by atoms with Crippen LogP contribution in [0.3, 0.4) is 0 Å². The molecule has 3 aromatic rings. The van der Waals surface area contributed by atoms with Gasteiger partial charge in [-0.25, -0.2) is 0 Å². The summed E-state index contributed by atoms with van der Waals surface area (Å²) in [7, 11) is 1.87. The van der Waals surface area contributed by atoms with Crippen molar-refractivity contribution >= 4 is 29.0 Å². The Morgan fingerprint density at radius 1 is 1.22 bits per heavy atom. The molecule has 0 bridgehead atoms. The van der Waals surface area contributed by atoms with Crippen LogP contribution in [-0.4, -0.2) is 33.0 Å². The van der Waals surface area contributed by atoms with Crippen molar-refractivity contribution in [1.29, 1.82) is 0 Å². The molecule has 6 nitrogen and oxygen atoms in total. The van der Waals surface area contributed by atoms with Gasteiger partial charge in [0.15, 0.2) is 5.82 Å². The first kappa shape index (κ1) is 17.5. The van der Waals surface area contributed by atoms with Gasteiger partial charge in [0.1, 0.15) is 0 Å². The molecule has 0 fully saturated rings. The number of anilines is 1. The minimum absolute atomic E-state index is 0.100. The highest BCUT2D eigenvalue weighted by Crippen LogP contribution is 2.26. The molecule has 4 rings (SSSR count). The number of carbonyl (C=O) groups excluding carboxylic acids is 2. The van der Waals surface area contributed by atoms with E-state index in [2.05, 4.69) is 10.4 Å². The molecule has 1 aliphatic heterocycles. The van der Waals surface area contributed by atoms with E-state index in [-0.39, 0.29) is 11.8 Å². The Balaban J connectivity index is 1.52. The molecule has 7 heteroatoms. The van der Waals surface area contributed by atoms with Crippen LogP contribution in [0, 0.1) is 0 Å². The molecule has 0 atom stereocenters. The van der Waals surface area contributed by atoms with Crippen LogP contribution in [0.5, 0.6) is 0 Å². The summed E-state index contributed by atoms with van der Waals surface area (Å²) in [5.41, 5.74) is 3.61. The first-order valence-corrected chi connectivity index (χ1v) is 9.76. The van der Waals surface area contributed by atoms with Crippen LogP contribution < -0.4 is 5.32 Å². The summed E-state index contributed by atoms with van der Waals surface area (Å²) in [6.45, 7) is 1.14. The van der Waals surface area contributed by atoms with Crippen molar-refractivity contribution in [1.82, 2.24) is 14.7 Å². The monoisotopic (exact) mass is 380 g/mol. The van der Waals surface area contributed by atoms with Gasteiger partial charge in [-0.1, -0.05) is 18.2 Å². The molecule has 0 saturated heterocycles. The van der Waals surface area contributed by atoms with Gasteiger partial charge in [0.25, 0.3) is 5.91 Å². The third kappa shape index (κ3) is 3.64. The number of benzene rings is 1. The summed E-state index contributed by atoms with van der Waals surface area (Å²) >= 11 is 1.60. The fraction of sp³-hybridized carbons (Fsp3) is 0.250. The van der Waals surface area contributed by atoms with Crippen molar-refractivity contribution in [2.24, 2.45) is 7.05 Å². The summed E-state index contributed by atoms with van der Waals surface area (Å²) in [6.07, 6.45) is 1.14. The first-order valence-electron chi connectivity index (χ1n) is 8.82. The number of hydrogen-bond donors (Lipinski definition) is 1. The maximum absolute atomic E-state index is 12.7. The van der Waals surface area contributed by atoms with Gasteiger partial charge in [-0.3, -0.25) is 14.3 Å². The van der Waals surface area contributed by atoms with Crippen LogP contribution in [0.1, 0.15) is 27.2 Å². The predicted molar refractivity (Wildman–Crippen MR) is 105 cm³/mol. The van der Waals surface area contributed by atoms with E-state index in [9.17, 15) is 9.59 Å². The average molecular weight is 380 g/mol. The van der Waals surface area contributed by atoms with E-state index in [1.807, 2.05) is 47.0 Å². The van der Waals surface area contributed by atoms with Crippen molar-refractivity contribution in [2.75, 3.05) is 11.9 Å². The highest BCUT2D eigenvalue weighted by molar-refractivity contribution is 7.08. The Hall–Kier alpha value is -2.93. The number of aryl methyl sites for hydroxylation is 1. The van der Waals surface area contributed by atoms with Crippen molar-refractivity contribution in [3.05, 3.63) is 69.5 Å². The van der Waals surface area contributed by atoms with E-state index in [4.69, 9.17) is 0 Å². The Bertz CT molecular complexity index is 964. The van der Waals surface area contributed by atoms with Crippen molar-refractivity contribution in [3.63, 3.8) is 0 Å². The quantitative estimate of drug-likeness (QED) is 0.757. The van der Waals surface area contributed by atoms with Gasteiger partial charge in [-0.05, 0) is 34.5 Å². The molecule has 3 heterocycles. The van der Waals surface area contributed by atoms with Crippen molar-refractivity contribution in [2.45, 2.75) is 19.4 Å². The van der Waals surface area contributed by atoms with Crippen LogP contribution in [0.25, 0.3) is 0 Å². The molecular weight excluding hydrogens is 360 g/mol. The number of amides is 2. The smallest absolute Gasteiger partial charge is 0.256 e. The Morgan fingerprint density at radius 3 is 2.78 bits per heavy atom. The zero-order chi connectivity index (χ0) is 18.8. The van der Waals surface area contributed by atoms with Gasteiger partial charge in [-0.2, -0.15) is 16.4 Å². The van der Waals surface area contributed by atoms with E-state index in [1.165, 1.54) is 0 Å². The summed E-state index contributed by atoms with van der Waals surface area (Å²) < 4.78 is 1.80. The lowest BCUT2D eigenvalue weighted by Gasteiger charge is -2.27. The number of carbonyl (C=O) groups is 2. The summed E-state index contributed by atoms with van der Waals surface area (Å²) in [4.78, 5) is 27.0. The van der Waals surface area contributed by atoms with Gasteiger partial charge in [0, 0.05) is 36.8 Å². The number of aromatic nitrogens is 2. The molecule has 138 valence electrons. The fourth-order valence-electron chi connectivity index (χ4n) is 3.35. The van der Waals surface area contributed by atoms with Crippen molar-refractivity contribution < 1.29 is 9.59 Å². The second-order valence-corrected chi connectivity index (χ2v) is 7.37. The lowest BCUT2D eigenvalue weighted by Crippen LogP contribution is -2.37. The molecular formula is C20H20N4O2S. The lowest BCUT2D eigenvalue weighted by molar-refractivity contribution is -0.131. The standard InChI is InChI=1S/C20H20N4O2S/c1-23-17-7-9-24(18(25)11-14-8-10-27-13-14)12-16(17)19(22-23)21-20(26)15-5-3-2-4-6-15/h2-6,8,10,13H,7,9,11-12H2,1H3,(H,21,22,26). The first-order chi connectivity index (χ1) is 13.1. The van der Waals surface area contributed by atoms with E-state index in [1.54, 1.807) is 28.2 Å². The SMILES string of the molecule is Cn1nc(NC(=O)c2ccccc2)c2c1CCN(C(=O)Cc1ccsc1)C2. The maximum Gasteiger partial charge on any atom is 0.256 e. The number of nitrogens with one attached hydrogen (secondary N) is 1. The van der Waals surface area contributed by atoms with E-state index >= 15 is 0 Å². The fourth-order valence-corrected chi connectivity index (χ4v) is 4.02. The second kappa shape index (κ2) is 7.36. The van der Waals surface area contributed by atoms with Gasteiger partial charge in [0.2, 0.25) is 5.91 Å². The van der Waals surface area contributed by atoms with E-state index < -0.39 is 0 Å². The van der Waals surface area contributed by atoms with Gasteiger partial charge >= 0.3 is 0 Å². The second-order valence-electron chi connectivity index (χ2n) is 6.59. The summed E-state index contributed by atoms with van der Waals surface area (Å²) in [5, 5.41) is 11.4. The molecule has 2 aromatic heterocycles. The van der Waals surface area contributed by atoms with Crippen LogP contribution in [-0.2, 0) is 31.2 Å². The molecule has 1 aliphatic rings. The molecule has 2 amide bonds. The molecule has 1 N–H and O–H groups in total. The maximum atomic E-state index is 12.7. The van der Waals surface area contributed by atoms with Crippen LogP contribution >= 0.6 is 11.3 Å². The van der Waals surface area contributed by atoms with Crippen LogP contribution in [0.15, 0.2) is 47.2 Å². The topological polar surface area (TPSA) is 67.2 Å². The number of rotatable bonds is 4. The van der Waals surface area contributed by atoms with Gasteiger partial charge in [0.05, 0.1) is 13.0 Å². The van der Waals surface area contributed by atoms with Gasteiger partial charge < -0.3 is 10.2 Å². The van der Waals surface area contributed by atoms with Crippen molar-refractivity contribution in [3.8, 4) is 0 Å². The minimum Gasteiger partial charge on any atom is -0.337 e.